The number of fused-ring (bicyclic) bond motifs is 1. The molecule has 0 heterocycles. The summed E-state index contributed by atoms with van der Waals surface area (Å²) in [6.07, 6.45) is 4.61. The van der Waals surface area contributed by atoms with Crippen molar-refractivity contribution < 1.29 is 5.11 Å². The minimum absolute atomic E-state index is 0.0662. The van der Waals surface area contributed by atoms with E-state index in [0.29, 0.717) is 5.92 Å². The average molecular weight is 220 g/mol. The Bertz CT molecular complexity index is 343. The molecule has 0 aliphatic heterocycles. The van der Waals surface area contributed by atoms with E-state index in [1.54, 1.807) is 5.57 Å². The summed E-state index contributed by atoms with van der Waals surface area (Å²) in [5, 5.41) is 10.5. The standard InChI is InChI=1S/C15H24O/c1-8(2)10-7-12(16)15(4)11-6-5-9(3)14(15)13(10)11/h5,8,10-14,16H,6-7H2,1-4H3/t10-,11-,12-,13-,14?,15?/m0/s1. The highest BCUT2D eigenvalue weighted by Crippen LogP contribution is 2.71. The lowest BCUT2D eigenvalue weighted by atomic mass is 9.34. The van der Waals surface area contributed by atoms with Crippen LogP contribution in [0.15, 0.2) is 11.6 Å². The predicted octanol–water partition coefficient (Wildman–Crippen LogP) is 3.24. The molecule has 0 amide bonds. The van der Waals surface area contributed by atoms with Crippen LogP contribution in [0.4, 0.5) is 0 Å². The lowest BCUT2D eigenvalue weighted by molar-refractivity contribution is -0.241. The van der Waals surface area contributed by atoms with Gasteiger partial charge < -0.3 is 5.11 Å². The second-order valence-corrected chi connectivity index (χ2v) is 6.87. The molecule has 6 atom stereocenters. The molecule has 2 fully saturated rings. The van der Waals surface area contributed by atoms with E-state index in [1.807, 2.05) is 0 Å². The predicted molar refractivity (Wildman–Crippen MR) is 65.9 cm³/mol. The normalized spacial score (nSPS) is 54.6. The lowest BCUT2D eigenvalue weighted by Crippen LogP contribution is -2.69. The topological polar surface area (TPSA) is 20.2 Å². The van der Waals surface area contributed by atoms with E-state index in [4.69, 9.17) is 0 Å². The highest BCUT2D eigenvalue weighted by Gasteiger charge is 2.68. The molecule has 0 saturated heterocycles. The Hall–Kier alpha value is -0.300. The lowest BCUT2D eigenvalue weighted by Gasteiger charge is -2.71. The van der Waals surface area contributed by atoms with Crippen molar-refractivity contribution in [3.05, 3.63) is 11.6 Å². The van der Waals surface area contributed by atoms with Crippen molar-refractivity contribution in [3.63, 3.8) is 0 Å². The number of hydrogen-bond acceptors (Lipinski definition) is 1. The molecule has 0 radical (unpaired) electrons. The molecule has 1 nitrogen and oxygen atoms in total. The van der Waals surface area contributed by atoms with Crippen molar-refractivity contribution in [2.75, 3.05) is 0 Å². The maximum Gasteiger partial charge on any atom is 0.0605 e. The van der Waals surface area contributed by atoms with Gasteiger partial charge in [0.05, 0.1) is 6.10 Å². The first-order valence-electron chi connectivity index (χ1n) is 6.82. The summed E-state index contributed by atoms with van der Waals surface area (Å²) >= 11 is 0. The molecule has 1 heteroatoms. The Morgan fingerprint density at radius 2 is 2.12 bits per heavy atom. The summed E-state index contributed by atoms with van der Waals surface area (Å²) in [6.45, 7) is 9.26. The third kappa shape index (κ3) is 1.01. The maximum atomic E-state index is 10.5. The monoisotopic (exact) mass is 220 g/mol. The molecule has 2 saturated carbocycles. The maximum absolute atomic E-state index is 10.5. The molecule has 4 bridgehead atoms. The van der Waals surface area contributed by atoms with Crippen LogP contribution in [0.25, 0.3) is 0 Å². The number of hydrogen-bond donors (Lipinski definition) is 1. The Balaban J connectivity index is 2.00. The highest BCUT2D eigenvalue weighted by molar-refractivity contribution is 5.30. The number of aliphatic hydroxyl groups is 1. The number of aliphatic hydroxyl groups excluding tert-OH is 1. The summed E-state index contributed by atoms with van der Waals surface area (Å²) in [5.41, 5.74) is 1.77. The van der Waals surface area contributed by atoms with Gasteiger partial charge in [-0.15, -0.1) is 0 Å². The van der Waals surface area contributed by atoms with Gasteiger partial charge in [-0.25, -0.2) is 0 Å². The van der Waals surface area contributed by atoms with Gasteiger partial charge >= 0.3 is 0 Å². The Kier molecular flexibility index (Phi) is 2.12. The molecule has 1 N–H and O–H groups in total. The fourth-order valence-electron chi connectivity index (χ4n) is 5.20. The van der Waals surface area contributed by atoms with E-state index in [-0.39, 0.29) is 11.5 Å². The zero-order chi connectivity index (χ0) is 11.7. The van der Waals surface area contributed by atoms with Gasteiger partial charge in [-0.2, -0.15) is 0 Å². The minimum Gasteiger partial charge on any atom is -0.393 e. The summed E-state index contributed by atoms with van der Waals surface area (Å²) in [7, 11) is 0. The average Bonchev–Trinajstić information content (AvgIpc) is 2.21. The van der Waals surface area contributed by atoms with E-state index in [2.05, 4.69) is 33.8 Å². The van der Waals surface area contributed by atoms with Crippen LogP contribution < -0.4 is 0 Å². The number of allylic oxidation sites excluding steroid dienone is 2. The minimum atomic E-state index is -0.0662. The van der Waals surface area contributed by atoms with Crippen LogP contribution in [-0.2, 0) is 0 Å². The van der Waals surface area contributed by atoms with Crippen molar-refractivity contribution in [2.45, 2.75) is 46.6 Å². The molecule has 4 aliphatic rings. The van der Waals surface area contributed by atoms with E-state index >= 15 is 0 Å². The highest BCUT2D eigenvalue weighted by atomic mass is 16.3. The van der Waals surface area contributed by atoms with Crippen molar-refractivity contribution in [1.29, 1.82) is 0 Å². The van der Waals surface area contributed by atoms with Crippen LogP contribution in [0, 0.1) is 35.0 Å². The molecule has 4 aliphatic carbocycles. The molecule has 0 aromatic rings. The van der Waals surface area contributed by atoms with Crippen LogP contribution in [0.3, 0.4) is 0 Å². The van der Waals surface area contributed by atoms with Crippen molar-refractivity contribution in [3.8, 4) is 0 Å². The number of rotatable bonds is 1. The fourth-order valence-corrected chi connectivity index (χ4v) is 5.20. The van der Waals surface area contributed by atoms with E-state index in [1.165, 1.54) is 6.42 Å². The first kappa shape index (κ1) is 10.8. The van der Waals surface area contributed by atoms with Crippen LogP contribution in [-0.4, -0.2) is 11.2 Å². The quantitative estimate of drug-likeness (QED) is 0.673. The SMILES string of the molecule is CC1=CC[C@H]2[C@H]3C1C2(C)[C@@H](O)C[C@H]3C(C)C. The van der Waals surface area contributed by atoms with Crippen LogP contribution in [0.1, 0.15) is 40.5 Å². The largest absolute Gasteiger partial charge is 0.393 e. The first-order chi connectivity index (χ1) is 7.48. The molecule has 0 aromatic carbocycles. The molecule has 2 unspecified atom stereocenters. The van der Waals surface area contributed by atoms with Crippen molar-refractivity contribution in [2.24, 2.45) is 35.0 Å². The van der Waals surface area contributed by atoms with E-state index in [0.717, 1.165) is 30.1 Å². The van der Waals surface area contributed by atoms with E-state index < -0.39 is 0 Å². The summed E-state index contributed by atoms with van der Waals surface area (Å²) < 4.78 is 0. The first-order valence-corrected chi connectivity index (χ1v) is 6.82. The third-order valence-electron chi connectivity index (χ3n) is 6.07. The second-order valence-electron chi connectivity index (χ2n) is 6.87. The van der Waals surface area contributed by atoms with Gasteiger partial charge in [0, 0.05) is 5.41 Å². The molecule has 16 heavy (non-hydrogen) atoms. The van der Waals surface area contributed by atoms with Gasteiger partial charge in [-0.1, -0.05) is 32.4 Å². The molecule has 0 aromatic heterocycles. The van der Waals surface area contributed by atoms with E-state index in [9.17, 15) is 5.11 Å². The Morgan fingerprint density at radius 3 is 2.69 bits per heavy atom. The summed E-state index contributed by atoms with van der Waals surface area (Å²) in [5.74, 6) is 3.79. The van der Waals surface area contributed by atoms with Crippen LogP contribution in [0.2, 0.25) is 0 Å². The van der Waals surface area contributed by atoms with Crippen molar-refractivity contribution >= 4 is 0 Å². The molecule has 4 rings (SSSR count). The Morgan fingerprint density at radius 1 is 1.44 bits per heavy atom. The van der Waals surface area contributed by atoms with Gasteiger partial charge in [-0.05, 0) is 49.4 Å². The zero-order valence-corrected chi connectivity index (χ0v) is 10.9. The third-order valence-corrected chi connectivity index (χ3v) is 6.07. The van der Waals surface area contributed by atoms with Gasteiger partial charge in [-0.3, -0.25) is 0 Å². The molecular weight excluding hydrogens is 196 g/mol. The van der Waals surface area contributed by atoms with Gasteiger partial charge in [0.25, 0.3) is 0 Å². The summed E-state index contributed by atoms with van der Waals surface area (Å²) in [6, 6.07) is 0. The zero-order valence-electron chi connectivity index (χ0n) is 10.9. The molecule has 0 spiro atoms. The van der Waals surface area contributed by atoms with Crippen molar-refractivity contribution in [1.82, 2.24) is 0 Å². The van der Waals surface area contributed by atoms with Gasteiger partial charge in [0.15, 0.2) is 0 Å². The second kappa shape index (κ2) is 3.13. The Labute approximate surface area is 98.9 Å². The van der Waals surface area contributed by atoms with Crippen LogP contribution >= 0.6 is 0 Å². The fraction of sp³-hybridized carbons (Fsp3) is 0.867. The smallest absolute Gasteiger partial charge is 0.0605 e. The molecule has 90 valence electrons. The summed E-state index contributed by atoms with van der Waals surface area (Å²) in [4.78, 5) is 0. The van der Waals surface area contributed by atoms with Gasteiger partial charge in [0.2, 0.25) is 0 Å². The molecular formula is C15H24O. The van der Waals surface area contributed by atoms with Gasteiger partial charge in [0.1, 0.15) is 0 Å². The van der Waals surface area contributed by atoms with Crippen LogP contribution in [0.5, 0.6) is 0 Å².